The average molecular weight is 401 g/mol. The minimum Gasteiger partial charge on any atom is -0.383 e. The molecular formula is C19H20N4O2S2. The van der Waals surface area contributed by atoms with Gasteiger partial charge in [0.25, 0.3) is 5.91 Å². The number of aliphatic hydroxyl groups is 1. The molecule has 1 amide bonds. The van der Waals surface area contributed by atoms with Crippen LogP contribution in [-0.4, -0.2) is 43.7 Å². The molecule has 1 saturated heterocycles. The number of aromatic amines is 1. The van der Waals surface area contributed by atoms with Gasteiger partial charge >= 0.3 is 0 Å². The maximum atomic E-state index is 13.2. The summed E-state index contributed by atoms with van der Waals surface area (Å²) in [6.07, 6.45) is 6.91. The van der Waals surface area contributed by atoms with Crippen LogP contribution >= 0.6 is 22.7 Å². The fourth-order valence-electron chi connectivity index (χ4n) is 4.57. The molecule has 0 aromatic carbocycles. The number of hydrogen-bond acceptors (Lipinski definition) is 6. The van der Waals surface area contributed by atoms with E-state index in [0.717, 1.165) is 41.1 Å². The third kappa shape index (κ3) is 2.92. The van der Waals surface area contributed by atoms with Crippen LogP contribution in [0.15, 0.2) is 34.7 Å². The maximum absolute atomic E-state index is 13.2. The molecule has 140 valence electrons. The Bertz CT molecular complexity index is 937. The maximum Gasteiger partial charge on any atom is 0.254 e. The Balaban J connectivity index is 1.39. The Morgan fingerprint density at radius 3 is 3.07 bits per heavy atom. The van der Waals surface area contributed by atoms with Crippen molar-refractivity contribution in [1.29, 1.82) is 0 Å². The third-order valence-corrected chi connectivity index (χ3v) is 7.43. The van der Waals surface area contributed by atoms with Gasteiger partial charge in [0.15, 0.2) is 0 Å². The van der Waals surface area contributed by atoms with E-state index in [-0.39, 0.29) is 11.9 Å². The van der Waals surface area contributed by atoms with Crippen LogP contribution in [0.4, 0.5) is 0 Å². The third-order valence-electron chi connectivity index (χ3n) is 5.86. The number of thiophene rings is 1. The molecule has 1 aliphatic carbocycles. The summed E-state index contributed by atoms with van der Waals surface area (Å²) in [7, 11) is 0. The standard InChI is InChI=1S/C19H20N4O2S2/c24-18(13-4-16(27-9-13)14-7-21-22-8-14)23-3-1-2-12-5-19(25,6-15(12)23)17-10-26-11-20-17/h4,7-12,15,25H,1-3,5-6H2,(H,21,22). The summed E-state index contributed by atoms with van der Waals surface area (Å²) in [6, 6.07) is 2.03. The lowest BCUT2D eigenvalue weighted by atomic mass is 9.91. The van der Waals surface area contributed by atoms with E-state index >= 15 is 0 Å². The number of nitrogens with one attached hydrogen (secondary N) is 1. The summed E-state index contributed by atoms with van der Waals surface area (Å²) in [5.41, 5.74) is 3.33. The van der Waals surface area contributed by atoms with E-state index in [4.69, 9.17) is 0 Å². The number of amides is 1. The first-order valence-electron chi connectivity index (χ1n) is 9.14. The molecule has 3 atom stereocenters. The molecule has 3 aromatic heterocycles. The number of nitrogens with zero attached hydrogens (tertiary/aromatic N) is 3. The van der Waals surface area contributed by atoms with E-state index in [1.54, 1.807) is 23.0 Å². The van der Waals surface area contributed by atoms with Gasteiger partial charge in [0.05, 0.1) is 23.0 Å². The van der Waals surface area contributed by atoms with Crippen LogP contribution in [-0.2, 0) is 5.60 Å². The Hall–Kier alpha value is -2.03. The van der Waals surface area contributed by atoms with E-state index in [0.29, 0.717) is 18.8 Å². The van der Waals surface area contributed by atoms with Gasteiger partial charge in [-0.3, -0.25) is 9.89 Å². The molecule has 3 unspecified atom stereocenters. The van der Waals surface area contributed by atoms with Gasteiger partial charge in [-0.05, 0) is 31.2 Å². The van der Waals surface area contributed by atoms with E-state index in [1.807, 2.05) is 27.9 Å². The number of piperidine rings is 1. The van der Waals surface area contributed by atoms with Gasteiger partial charge in [-0.15, -0.1) is 22.7 Å². The number of carbonyl (C=O) groups excluding carboxylic acids is 1. The molecule has 1 aliphatic heterocycles. The molecule has 3 aromatic rings. The van der Waals surface area contributed by atoms with Crippen molar-refractivity contribution in [1.82, 2.24) is 20.1 Å². The smallest absolute Gasteiger partial charge is 0.254 e. The van der Waals surface area contributed by atoms with E-state index in [1.165, 1.54) is 11.3 Å². The lowest BCUT2D eigenvalue weighted by Gasteiger charge is -2.37. The van der Waals surface area contributed by atoms with Crippen molar-refractivity contribution in [2.24, 2.45) is 5.92 Å². The van der Waals surface area contributed by atoms with Crippen LogP contribution in [0.3, 0.4) is 0 Å². The molecule has 2 aliphatic rings. The Morgan fingerprint density at radius 2 is 2.30 bits per heavy atom. The lowest BCUT2D eigenvalue weighted by Crippen LogP contribution is -2.46. The van der Waals surface area contributed by atoms with Gasteiger partial charge in [-0.25, -0.2) is 4.98 Å². The fraction of sp³-hybridized carbons (Fsp3) is 0.421. The zero-order valence-electron chi connectivity index (χ0n) is 14.7. The predicted molar refractivity (Wildman–Crippen MR) is 105 cm³/mol. The monoisotopic (exact) mass is 400 g/mol. The largest absolute Gasteiger partial charge is 0.383 e. The highest BCUT2D eigenvalue weighted by Gasteiger charge is 2.50. The second-order valence-corrected chi connectivity index (χ2v) is 9.10. The van der Waals surface area contributed by atoms with Crippen molar-refractivity contribution in [2.75, 3.05) is 6.54 Å². The van der Waals surface area contributed by atoms with Gasteiger partial charge < -0.3 is 10.0 Å². The summed E-state index contributed by atoms with van der Waals surface area (Å²) in [6.45, 7) is 0.754. The van der Waals surface area contributed by atoms with Crippen molar-refractivity contribution < 1.29 is 9.90 Å². The highest BCUT2D eigenvalue weighted by atomic mass is 32.1. The molecule has 8 heteroatoms. The number of thiazole rings is 1. The van der Waals surface area contributed by atoms with Gasteiger partial charge in [-0.1, -0.05) is 0 Å². The highest BCUT2D eigenvalue weighted by molar-refractivity contribution is 7.13. The number of rotatable bonds is 3. The molecule has 5 rings (SSSR count). The molecule has 2 N–H and O–H groups in total. The summed E-state index contributed by atoms with van der Waals surface area (Å²) in [4.78, 5) is 20.6. The minimum atomic E-state index is -0.908. The Kier molecular flexibility index (Phi) is 4.14. The summed E-state index contributed by atoms with van der Waals surface area (Å²) < 4.78 is 0. The molecule has 1 saturated carbocycles. The van der Waals surface area contributed by atoms with Crippen molar-refractivity contribution in [3.63, 3.8) is 0 Å². The molecule has 0 spiro atoms. The van der Waals surface area contributed by atoms with E-state index in [9.17, 15) is 9.90 Å². The Labute approximate surface area is 164 Å². The minimum absolute atomic E-state index is 0.0678. The average Bonchev–Trinajstić information content (AvgIpc) is 3.47. The number of H-pyrrole nitrogens is 1. The summed E-state index contributed by atoms with van der Waals surface area (Å²) >= 11 is 3.06. The molecule has 6 nitrogen and oxygen atoms in total. The number of fused-ring (bicyclic) bond motifs is 1. The topological polar surface area (TPSA) is 82.1 Å². The number of likely N-dealkylation sites (tertiary alicyclic amines) is 1. The second-order valence-electron chi connectivity index (χ2n) is 7.47. The van der Waals surface area contributed by atoms with Crippen LogP contribution in [0.25, 0.3) is 10.4 Å². The molecule has 4 heterocycles. The van der Waals surface area contributed by atoms with Crippen LogP contribution < -0.4 is 0 Å². The van der Waals surface area contributed by atoms with Crippen LogP contribution in [0.2, 0.25) is 0 Å². The number of hydrogen-bond donors (Lipinski definition) is 2. The van der Waals surface area contributed by atoms with E-state index in [2.05, 4.69) is 15.2 Å². The molecular weight excluding hydrogens is 380 g/mol. The predicted octanol–water partition coefficient (Wildman–Crippen LogP) is 3.50. The van der Waals surface area contributed by atoms with Crippen LogP contribution in [0, 0.1) is 5.92 Å². The van der Waals surface area contributed by atoms with Crippen molar-refractivity contribution >= 4 is 28.6 Å². The molecule has 2 fully saturated rings. The molecule has 0 radical (unpaired) electrons. The van der Waals surface area contributed by atoms with Crippen LogP contribution in [0.1, 0.15) is 41.7 Å². The quantitative estimate of drug-likeness (QED) is 0.705. The van der Waals surface area contributed by atoms with Crippen LogP contribution in [0.5, 0.6) is 0 Å². The highest BCUT2D eigenvalue weighted by Crippen LogP contribution is 2.48. The molecule has 0 bridgehead atoms. The SMILES string of the molecule is O=C(c1csc(-c2cn[nH]c2)c1)N1CCCC2CC(O)(c3cscn3)CC21. The summed E-state index contributed by atoms with van der Waals surface area (Å²) in [5.74, 6) is 0.402. The normalized spacial score (nSPS) is 27.7. The second kappa shape index (κ2) is 6.54. The number of aromatic nitrogens is 3. The zero-order chi connectivity index (χ0) is 18.4. The number of carbonyl (C=O) groups is 1. The first-order valence-corrected chi connectivity index (χ1v) is 11.0. The van der Waals surface area contributed by atoms with Crippen molar-refractivity contribution in [2.45, 2.75) is 37.3 Å². The van der Waals surface area contributed by atoms with Gasteiger partial charge in [0.2, 0.25) is 0 Å². The Morgan fingerprint density at radius 1 is 1.37 bits per heavy atom. The van der Waals surface area contributed by atoms with Crippen molar-refractivity contribution in [3.05, 3.63) is 46.0 Å². The fourth-order valence-corrected chi connectivity index (χ4v) is 6.08. The molecule has 27 heavy (non-hydrogen) atoms. The van der Waals surface area contributed by atoms with Gasteiger partial charge in [0.1, 0.15) is 5.60 Å². The van der Waals surface area contributed by atoms with E-state index < -0.39 is 5.60 Å². The van der Waals surface area contributed by atoms with Gasteiger partial charge in [0, 0.05) is 46.4 Å². The van der Waals surface area contributed by atoms with Crippen molar-refractivity contribution in [3.8, 4) is 10.4 Å². The zero-order valence-corrected chi connectivity index (χ0v) is 16.3. The first kappa shape index (κ1) is 17.1. The first-order chi connectivity index (χ1) is 13.1. The lowest BCUT2D eigenvalue weighted by molar-refractivity contribution is 0.0299. The van der Waals surface area contributed by atoms with Gasteiger partial charge in [-0.2, -0.15) is 5.10 Å². The summed E-state index contributed by atoms with van der Waals surface area (Å²) in [5, 5.41) is 21.8.